The van der Waals surface area contributed by atoms with Crippen LogP contribution in [-0.4, -0.2) is 17.6 Å². The Morgan fingerprint density at radius 3 is 3.20 bits per heavy atom. The number of carbonyl (C=O) groups excluding carboxylic acids is 1. The van der Waals surface area contributed by atoms with E-state index < -0.39 is 0 Å². The summed E-state index contributed by atoms with van der Waals surface area (Å²) in [6, 6.07) is 1.99. The lowest BCUT2D eigenvalue weighted by molar-refractivity contribution is 0.0520. The summed E-state index contributed by atoms with van der Waals surface area (Å²) in [5.41, 5.74) is 3.24. The lowest BCUT2D eigenvalue weighted by atomic mass is 10.1. The average molecular weight is 205 g/mol. The SMILES string of the molecule is CCOC(=O)c1cc2c([nH]1)C[C@@H]1C(C)[C@H]21. The minimum Gasteiger partial charge on any atom is -0.461 e. The third-order valence-corrected chi connectivity index (χ3v) is 3.79. The molecule has 1 aromatic rings. The number of esters is 1. The van der Waals surface area contributed by atoms with Crippen LogP contribution in [0.1, 0.15) is 41.5 Å². The molecular formula is C12H15NO2. The average Bonchev–Trinajstić information content (AvgIpc) is 2.62. The Hall–Kier alpha value is -1.25. The zero-order chi connectivity index (χ0) is 10.6. The first-order valence-corrected chi connectivity index (χ1v) is 5.61. The van der Waals surface area contributed by atoms with Crippen molar-refractivity contribution in [2.75, 3.05) is 6.61 Å². The van der Waals surface area contributed by atoms with E-state index in [-0.39, 0.29) is 5.97 Å². The van der Waals surface area contributed by atoms with E-state index in [0.717, 1.165) is 18.3 Å². The Bertz CT molecular complexity index is 421. The molecule has 1 N–H and O–H groups in total. The Morgan fingerprint density at radius 2 is 2.47 bits per heavy atom. The highest BCUT2D eigenvalue weighted by atomic mass is 16.5. The van der Waals surface area contributed by atoms with E-state index in [2.05, 4.69) is 11.9 Å². The van der Waals surface area contributed by atoms with E-state index in [1.807, 2.05) is 13.0 Å². The molecule has 0 saturated heterocycles. The normalized spacial score (nSPS) is 30.9. The van der Waals surface area contributed by atoms with Crippen LogP contribution in [0, 0.1) is 11.8 Å². The fourth-order valence-electron chi connectivity index (χ4n) is 2.91. The van der Waals surface area contributed by atoms with Crippen molar-refractivity contribution >= 4 is 5.97 Å². The van der Waals surface area contributed by atoms with E-state index in [9.17, 15) is 4.79 Å². The maximum absolute atomic E-state index is 11.5. The van der Waals surface area contributed by atoms with Crippen LogP contribution in [0.4, 0.5) is 0 Å². The molecule has 0 aliphatic heterocycles. The zero-order valence-corrected chi connectivity index (χ0v) is 9.04. The number of aromatic amines is 1. The maximum atomic E-state index is 11.5. The van der Waals surface area contributed by atoms with Crippen molar-refractivity contribution in [3.8, 4) is 0 Å². The van der Waals surface area contributed by atoms with Crippen LogP contribution in [0.3, 0.4) is 0 Å². The van der Waals surface area contributed by atoms with Gasteiger partial charge in [0, 0.05) is 5.69 Å². The monoisotopic (exact) mass is 205 g/mol. The van der Waals surface area contributed by atoms with Crippen molar-refractivity contribution in [1.29, 1.82) is 0 Å². The van der Waals surface area contributed by atoms with Gasteiger partial charge in [-0.25, -0.2) is 4.79 Å². The Kier molecular flexibility index (Phi) is 1.73. The first-order valence-electron chi connectivity index (χ1n) is 5.61. The molecule has 3 heteroatoms. The molecule has 0 spiro atoms. The van der Waals surface area contributed by atoms with Crippen LogP contribution < -0.4 is 0 Å². The summed E-state index contributed by atoms with van der Waals surface area (Å²) in [6.07, 6.45) is 1.11. The lowest BCUT2D eigenvalue weighted by Crippen LogP contribution is -2.05. The second kappa shape index (κ2) is 2.87. The minimum absolute atomic E-state index is 0.225. The van der Waals surface area contributed by atoms with Crippen LogP contribution in [0.15, 0.2) is 6.07 Å². The summed E-state index contributed by atoms with van der Waals surface area (Å²) < 4.78 is 4.97. The zero-order valence-electron chi connectivity index (χ0n) is 9.04. The van der Waals surface area contributed by atoms with Gasteiger partial charge in [-0.15, -0.1) is 0 Å². The van der Waals surface area contributed by atoms with Gasteiger partial charge in [0.25, 0.3) is 0 Å². The van der Waals surface area contributed by atoms with Gasteiger partial charge in [0.2, 0.25) is 0 Å². The van der Waals surface area contributed by atoms with Crippen molar-refractivity contribution in [3.05, 3.63) is 23.0 Å². The quantitative estimate of drug-likeness (QED) is 0.751. The molecule has 0 amide bonds. The molecule has 2 aliphatic carbocycles. The van der Waals surface area contributed by atoms with Gasteiger partial charge in [0.1, 0.15) is 5.69 Å². The van der Waals surface area contributed by atoms with E-state index in [1.54, 1.807) is 0 Å². The van der Waals surface area contributed by atoms with Gasteiger partial charge >= 0.3 is 5.97 Å². The minimum atomic E-state index is -0.225. The molecule has 1 unspecified atom stereocenters. The van der Waals surface area contributed by atoms with Gasteiger partial charge < -0.3 is 9.72 Å². The van der Waals surface area contributed by atoms with Crippen LogP contribution in [0.2, 0.25) is 0 Å². The first-order chi connectivity index (χ1) is 7.22. The predicted octanol–water partition coefficient (Wildman–Crippen LogP) is 2.10. The number of hydrogen-bond donors (Lipinski definition) is 1. The van der Waals surface area contributed by atoms with Gasteiger partial charge in [0.05, 0.1) is 6.61 Å². The number of H-pyrrole nitrogens is 1. The van der Waals surface area contributed by atoms with Gasteiger partial charge in [-0.2, -0.15) is 0 Å². The van der Waals surface area contributed by atoms with E-state index in [0.29, 0.717) is 18.2 Å². The lowest BCUT2D eigenvalue weighted by Gasteiger charge is -1.98. The fourth-order valence-corrected chi connectivity index (χ4v) is 2.91. The molecule has 0 radical (unpaired) electrons. The third kappa shape index (κ3) is 1.15. The molecule has 15 heavy (non-hydrogen) atoms. The topological polar surface area (TPSA) is 42.1 Å². The fraction of sp³-hybridized carbons (Fsp3) is 0.583. The second-order valence-electron chi connectivity index (χ2n) is 4.59. The molecule has 0 bridgehead atoms. The van der Waals surface area contributed by atoms with Crippen LogP contribution in [0.5, 0.6) is 0 Å². The molecule has 3 nitrogen and oxygen atoms in total. The Balaban J connectivity index is 1.86. The summed E-state index contributed by atoms with van der Waals surface area (Å²) >= 11 is 0. The van der Waals surface area contributed by atoms with Crippen molar-refractivity contribution < 1.29 is 9.53 Å². The summed E-state index contributed by atoms with van der Waals surface area (Å²) in [7, 11) is 0. The molecule has 1 saturated carbocycles. The summed E-state index contributed by atoms with van der Waals surface area (Å²) in [4.78, 5) is 14.7. The molecular weight excluding hydrogens is 190 g/mol. The van der Waals surface area contributed by atoms with Crippen molar-refractivity contribution in [2.24, 2.45) is 11.8 Å². The largest absolute Gasteiger partial charge is 0.461 e. The van der Waals surface area contributed by atoms with Crippen LogP contribution >= 0.6 is 0 Å². The molecule has 80 valence electrons. The predicted molar refractivity (Wildman–Crippen MR) is 55.8 cm³/mol. The molecule has 1 heterocycles. The second-order valence-corrected chi connectivity index (χ2v) is 4.59. The number of hydrogen-bond acceptors (Lipinski definition) is 2. The summed E-state index contributed by atoms with van der Waals surface area (Å²) in [5.74, 6) is 2.13. The number of carbonyl (C=O) groups is 1. The molecule has 2 aliphatic rings. The highest BCUT2D eigenvalue weighted by Crippen LogP contribution is 2.61. The van der Waals surface area contributed by atoms with E-state index in [1.165, 1.54) is 11.3 Å². The van der Waals surface area contributed by atoms with Crippen molar-refractivity contribution in [1.82, 2.24) is 4.98 Å². The number of rotatable bonds is 2. The standard InChI is InChI=1S/C12H15NO2/c1-3-15-12(14)10-5-8-9(13-10)4-7-6(2)11(7)8/h5-7,11,13H,3-4H2,1-2H3/t6?,7-,11+/m1/s1. The number of fused-ring (bicyclic) bond motifs is 3. The smallest absolute Gasteiger partial charge is 0.354 e. The number of aromatic nitrogens is 1. The van der Waals surface area contributed by atoms with Gasteiger partial charge in [-0.05, 0) is 42.7 Å². The molecule has 1 fully saturated rings. The van der Waals surface area contributed by atoms with Crippen LogP contribution in [0.25, 0.3) is 0 Å². The molecule has 0 aromatic carbocycles. The van der Waals surface area contributed by atoms with Crippen molar-refractivity contribution in [2.45, 2.75) is 26.2 Å². The van der Waals surface area contributed by atoms with Gasteiger partial charge in [0.15, 0.2) is 0 Å². The van der Waals surface area contributed by atoms with Crippen LogP contribution in [-0.2, 0) is 11.2 Å². The van der Waals surface area contributed by atoms with E-state index >= 15 is 0 Å². The highest BCUT2D eigenvalue weighted by molar-refractivity contribution is 5.88. The maximum Gasteiger partial charge on any atom is 0.354 e. The molecule has 3 atom stereocenters. The van der Waals surface area contributed by atoms with E-state index in [4.69, 9.17) is 4.74 Å². The first kappa shape index (κ1) is 9.01. The molecule has 1 aromatic heterocycles. The Labute approximate surface area is 88.8 Å². The highest BCUT2D eigenvalue weighted by Gasteiger charge is 2.53. The van der Waals surface area contributed by atoms with Gasteiger partial charge in [-0.1, -0.05) is 6.92 Å². The summed E-state index contributed by atoms with van der Waals surface area (Å²) in [6.45, 7) is 4.55. The number of ether oxygens (including phenoxy) is 1. The van der Waals surface area contributed by atoms with Crippen molar-refractivity contribution in [3.63, 3.8) is 0 Å². The van der Waals surface area contributed by atoms with Gasteiger partial charge in [-0.3, -0.25) is 0 Å². The summed E-state index contributed by atoms with van der Waals surface area (Å²) in [5, 5.41) is 0. The number of nitrogens with one attached hydrogen (secondary N) is 1. The third-order valence-electron chi connectivity index (χ3n) is 3.79. The Morgan fingerprint density at radius 1 is 1.67 bits per heavy atom. The molecule has 3 rings (SSSR count).